The van der Waals surface area contributed by atoms with Crippen LogP contribution in [-0.4, -0.2) is 21.8 Å². The molecule has 0 aliphatic carbocycles. The first-order chi connectivity index (χ1) is 6.22. The van der Waals surface area contributed by atoms with Crippen molar-refractivity contribution >= 4 is 11.0 Å². The number of fused-ring (bicyclic) bond motifs is 1. The minimum Gasteiger partial charge on any atom is -0.508 e. The topological polar surface area (TPSA) is 47.3 Å². The van der Waals surface area contributed by atoms with Gasteiger partial charge in [0.15, 0.2) is 0 Å². The van der Waals surface area contributed by atoms with Gasteiger partial charge in [-0.1, -0.05) is 0 Å². The quantitative estimate of drug-likeness (QED) is 0.715. The van der Waals surface area contributed by atoms with Gasteiger partial charge in [0, 0.05) is 13.1 Å². The molecule has 0 amide bonds. The Morgan fingerprint density at radius 1 is 1.46 bits per heavy atom. The van der Waals surface area contributed by atoms with Crippen molar-refractivity contribution in [3.63, 3.8) is 0 Å². The number of phenols is 1. The van der Waals surface area contributed by atoms with Crippen LogP contribution < -0.4 is 4.74 Å². The van der Waals surface area contributed by atoms with Crippen molar-refractivity contribution in [3.05, 3.63) is 18.2 Å². The second kappa shape index (κ2) is 2.65. The fourth-order valence-corrected chi connectivity index (χ4v) is 1.34. The zero-order chi connectivity index (χ0) is 9.42. The Kier molecular flexibility index (Phi) is 1.62. The third kappa shape index (κ3) is 1.11. The molecule has 0 bridgehead atoms. The molecule has 1 N–H and O–H groups in total. The molecule has 4 heteroatoms. The zero-order valence-corrected chi connectivity index (χ0v) is 7.48. The van der Waals surface area contributed by atoms with Crippen molar-refractivity contribution in [1.29, 1.82) is 0 Å². The molecule has 0 aliphatic rings. The molecule has 4 nitrogen and oxygen atoms in total. The molecule has 0 aliphatic heterocycles. The van der Waals surface area contributed by atoms with Crippen molar-refractivity contribution in [2.45, 2.75) is 0 Å². The van der Waals surface area contributed by atoms with E-state index in [2.05, 4.69) is 4.98 Å². The van der Waals surface area contributed by atoms with Gasteiger partial charge in [-0.05, 0) is 12.1 Å². The molecule has 1 aromatic heterocycles. The summed E-state index contributed by atoms with van der Waals surface area (Å²) in [5.41, 5.74) is 1.68. The molecular weight excluding hydrogens is 168 g/mol. The van der Waals surface area contributed by atoms with E-state index in [1.54, 1.807) is 29.9 Å². The van der Waals surface area contributed by atoms with E-state index < -0.39 is 0 Å². The lowest BCUT2D eigenvalue weighted by Crippen LogP contribution is -1.93. The molecule has 0 atom stereocenters. The molecule has 2 rings (SSSR count). The summed E-state index contributed by atoms with van der Waals surface area (Å²) in [6.45, 7) is 0. The van der Waals surface area contributed by atoms with Gasteiger partial charge >= 0.3 is 0 Å². The van der Waals surface area contributed by atoms with Crippen molar-refractivity contribution < 1.29 is 9.84 Å². The number of hydrogen-bond acceptors (Lipinski definition) is 3. The van der Waals surface area contributed by atoms with Crippen LogP contribution in [0.1, 0.15) is 0 Å². The molecule has 0 saturated heterocycles. The maximum absolute atomic E-state index is 9.25. The maximum atomic E-state index is 9.25. The Morgan fingerprint density at radius 2 is 2.23 bits per heavy atom. The predicted molar refractivity (Wildman–Crippen MR) is 48.9 cm³/mol. The molecule has 0 radical (unpaired) electrons. The molecular formula is C9H10N2O2. The van der Waals surface area contributed by atoms with Crippen LogP contribution >= 0.6 is 0 Å². The minimum atomic E-state index is 0.234. The lowest BCUT2D eigenvalue weighted by Gasteiger charge is -1.98. The normalized spacial score (nSPS) is 10.6. The number of methoxy groups -OCH3 is 1. The van der Waals surface area contributed by atoms with E-state index in [9.17, 15) is 5.11 Å². The van der Waals surface area contributed by atoms with Crippen LogP contribution in [0.15, 0.2) is 18.2 Å². The van der Waals surface area contributed by atoms with Crippen molar-refractivity contribution in [2.24, 2.45) is 7.05 Å². The first-order valence-electron chi connectivity index (χ1n) is 3.92. The fraction of sp³-hybridized carbons (Fsp3) is 0.222. The summed E-state index contributed by atoms with van der Waals surface area (Å²) in [7, 11) is 3.41. The number of hydrogen-bond donors (Lipinski definition) is 1. The van der Waals surface area contributed by atoms with Crippen LogP contribution in [0.3, 0.4) is 0 Å². The van der Waals surface area contributed by atoms with Crippen molar-refractivity contribution in [3.8, 4) is 11.8 Å². The van der Waals surface area contributed by atoms with E-state index in [1.165, 1.54) is 0 Å². The van der Waals surface area contributed by atoms with Gasteiger partial charge in [-0.15, -0.1) is 0 Å². The Morgan fingerprint density at radius 3 is 2.92 bits per heavy atom. The Balaban J connectivity index is 2.77. The molecule has 1 aromatic carbocycles. The number of phenolic OH excluding ortho intramolecular Hbond substituents is 1. The lowest BCUT2D eigenvalue weighted by molar-refractivity contribution is 0.368. The second-order valence-electron chi connectivity index (χ2n) is 2.83. The number of aryl methyl sites for hydroxylation is 1. The van der Waals surface area contributed by atoms with E-state index in [0.29, 0.717) is 6.01 Å². The van der Waals surface area contributed by atoms with E-state index in [0.717, 1.165) is 11.0 Å². The number of ether oxygens (including phenoxy) is 1. The van der Waals surface area contributed by atoms with E-state index in [4.69, 9.17) is 4.74 Å². The third-order valence-electron chi connectivity index (χ3n) is 2.01. The summed E-state index contributed by atoms with van der Waals surface area (Å²) in [5, 5.41) is 9.25. The highest BCUT2D eigenvalue weighted by atomic mass is 16.5. The SMILES string of the molecule is COc1nc2ccc(O)cc2n1C. The maximum Gasteiger partial charge on any atom is 0.296 e. The molecule has 2 aromatic rings. The van der Waals surface area contributed by atoms with Gasteiger partial charge in [0.2, 0.25) is 0 Å². The monoisotopic (exact) mass is 178 g/mol. The average molecular weight is 178 g/mol. The minimum absolute atomic E-state index is 0.234. The molecule has 0 saturated carbocycles. The van der Waals surface area contributed by atoms with Crippen molar-refractivity contribution in [2.75, 3.05) is 7.11 Å². The van der Waals surface area contributed by atoms with Gasteiger partial charge in [-0.2, -0.15) is 4.98 Å². The van der Waals surface area contributed by atoms with Crippen LogP contribution in [-0.2, 0) is 7.05 Å². The number of benzene rings is 1. The molecule has 0 unspecified atom stereocenters. The van der Waals surface area contributed by atoms with Gasteiger partial charge in [0.25, 0.3) is 6.01 Å². The molecule has 13 heavy (non-hydrogen) atoms. The smallest absolute Gasteiger partial charge is 0.296 e. The number of aromatic hydroxyl groups is 1. The van der Waals surface area contributed by atoms with E-state index >= 15 is 0 Å². The van der Waals surface area contributed by atoms with Crippen LogP contribution in [0.2, 0.25) is 0 Å². The summed E-state index contributed by atoms with van der Waals surface area (Å²) < 4.78 is 6.83. The first-order valence-corrected chi connectivity index (χ1v) is 3.92. The predicted octanol–water partition coefficient (Wildman–Crippen LogP) is 1.29. The lowest BCUT2D eigenvalue weighted by atomic mass is 10.3. The highest BCUT2D eigenvalue weighted by Gasteiger charge is 2.07. The Labute approximate surface area is 75.4 Å². The van der Waals surface area contributed by atoms with E-state index in [-0.39, 0.29) is 5.75 Å². The van der Waals surface area contributed by atoms with Gasteiger partial charge in [0.1, 0.15) is 5.75 Å². The zero-order valence-electron chi connectivity index (χ0n) is 7.48. The standard InChI is InChI=1S/C9H10N2O2/c1-11-8-5-6(12)3-4-7(8)10-9(11)13-2/h3-5,12H,1-2H3. The number of nitrogens with zero attached hydrogens (tertiary/aromatic N) is 2. The largest absolute Gasteiger partial charge is 0.508 e. The highest BCUT2D eigenvalue weighted by Crippen LogP contribution is 2.22. The second-order valence-corrected chi connectivity index (χ2v) is 2.83. The fourth-order valence-electron chi connectivity index (χ4n) is 1.34. The summed E-state index contributed by atoms with van der Waals surface area (Å²) in [5.74, 6) is 0.234. The van der Waals surface area contributed by atoms with Crippen LogP contribution in [0.5, 0.6) is 11.8 Å². The number of rotatable bonds is 1. The van der Waals surface area contributed by atoms with E-state index in [1.807, 2.05) is 7.05 Å². The molecule has 1 heterocycles. The van der Waals surface area contributed by atoms with Crippen LogP contribution in [0.4, 0.5) is 0 Å². The van der Waals surface area contributed by atoms with Gasteiger partial charge < -0.3 is 9.84 Å². The number of aromatic nitrogens is 2. The summed E-state index contributed by atoms with van der Waals surface area (Å²) >= 11 is 0. The highest BCUT2D eigenvalue weighted by molar-refractivity contribution is 5.78. The van der Waals surface area contributed by atoms with Crippen LogP contribution in [0.25, 0.3) is 11.0 Å². The summed E-state index contributed by atoms with van der Waals surface area (Å²) in [4.78, 5) is 4.20. The van der Waals surface area contributed by atoms with Crippen molar-refractivity contribution in [1.82, 2.24) is 9.55 Å². The van der Waals surface area contributed by atoms with Gasteiger partial charge in [0.05, 0.1) is 18.1 Å². The van der Waals surface area contributed by atoms with Crippen LogP contribution in [0, 0.1) is 0 Å². The third-order valence-corrected chi connectivity index (χ3v) is 2.01. The summed E-state index contributed by atoms with van der Waals surface area (Å²) in [6.07, 6.45) is 0. The van der Waals surface area contributed by atoms with Gasteiger partial charge in [-0.25, -0.2) is 0 Å². The molecule has 0 fully saturated rings. The Bertz CT molecular complexity index is 448. The molecule has 68 valence electrons. The average Bonchev–Trinajstić information content (AvgIpc) is 2.44. The van der Waals surface area contributed by atoms with Gasteiger partial charge in [-0.3, -0.25) is 4.57 Å². The summed E-state index contributed by atoms with van der Waals surface area (Å²) in [6, 6.07) is 5.56. The first kappa shape index (κ1) is 7.91. The molecule has 0 spiro atoms. The number of imidazole rings is 1. The Hall–Kier alpha value is -1.71.